The van der Waals surface area contributed by atoms with Crippen LogP contribution in [0.2, 0.25) is 0 Å². The van der Waals surface area contributed by atoms with Crippen molar-refractivity contribution >= 4 is 17.9 Å². The van der Waals surface area contributed by atoms with Crippen LogP contribution in [0.4, 0.5) is 0 Å². The van der Waals surface area contributed by atoms with Crippen LogP contribution in [0.15, 0.2) is 24.3 Å². The molecular formula is C56H104O6. The Morgan fingerprint density at radius 1 is 0.306 bits per heavy atom. The summed E-state index contributed by atoms with van der Waals surface area (Å²) in [5, 5.41) is 0. The molecule has 0 amide bonds. The maximum Gasteiger partial charge on any atom is 0.306 e. The van der Waals surface area contributed by atoms with E-state index in [4.69, 9.17) is 14.2 Å². The number of unbranched alkanes of at least 4 members (excludes halogenated alkanes) is 35. The Morgan fingerprint density at radius 2 is 0.532 bits per heavy atom. The molecule has 0 spiro atoms. The van der Waals surface area contributed by atoms with E-state index >= 15 is 0 Å². The smallest absolute Gasteiger partial charge is 0.306 e. The van der Waals surface area contributed by atoms with E-state index in [1.807, 2.05) is 0 Å². The van der Waals surface area contributed by atoms with E-state index in [2.05, 4.69) is 45.1 Å². The first-order valence-electron chi connectivity index (χ1n) is 27.3. The van der Waals surface area contributed by atoms with Gasteiger partial charge in [0.1, 0.15) is 13.2 Å². The van der Waals surface area contributed by atoms with Crippen LogP contribution in [-0.4, -0.2) is 37.2 Å². The molecule has 62 heavy (non-hydrogen) atoms. The quantitative estimate of drug-likeness (QED) is 0.0262. The lowest BCUT2D eigenvalue weighted by Crippen LogP contribution is -2.30. The van der Waals surface area contributed by atoms with Gasteiger partial charge in [-0.05, 0) is 70.6 Å². The highest BCUT2D eigenvalue weighted by atomic mass is 16.6. The summed E-state index contributed by atoms with van der Waals surface area (Å²) in [6.45, 7) is 6.65. The van der Waals surface area contributed by atoms with E-state index in [1.165, 1.54) is 193 Å². The fraction of sp³-hybridized carbons (Fsp3) is 0.875. The minimum Gasteiger partial charge on any atom is -0.462 e. The Kier molecular flexibility index (Phi) is 49.8. The summed E-state index contributed by atoms with van der Waals surface area (Å²) in [6.07, 6.45) is 58.7. The SMILES string of the molecule is CCCCCCCC/C=C\CCCCCCCCCC(=O)OC[C@@H](COC(=O)CCCCCCCCCCCCC)OC(=O)CCCCCCC/C=C\CCCCCCCCC. The average molecular weight is 873 g/mol. The summed E-state index contributed by atoms with van der Waals surface area (Å²) in [4.78, 5) is 38.0. The molecule has 0 aromatic rings. The summed E-state index contributed by atoms with van der Waals surface area (Å²) in [5.41, 5.74) is 0. The molecule has 0 aliphatic carbocycles. The molecule has 0 rings (SSSR count). The van der Waals surface area contributed by atoms with Gasteiger partial charge in [-0.2, -0.15) is 0 Å². The fourth-order valence-corrected chi connectivity index (χ4v) is 8.02. The Balaban J connectivity index is 4.33. The number of rotatable bonds is 50. The number of ether oxygens (including phenoxy) is 3. The molecule has 0 aromatic heterocycles. The largest absolute Gasteiger partial charge is 0.462 e. The molecule has 0 N–H and O–H groups in total. The van der Waals surface area contributed by atoms with Gasteiger partial charge >= 0.3 is 17.9 Å². The van der Waals surface area contributed by atoms with E-state index in [1.54, 1.807) is 0 Å². The Morgan fingerprint density at radius 3 is 0.806 bits per heavy atom. The number of allylic oxidation sites excluding steroid dienone is 4. The van der Waals surface area contributed by atoms with Crippen molar-refractivity contribution in [3.05, 3.63) is 24.3 Å². The highest BCUT2D eigenvalue weighted by Crippen LogP contribution is 2.16. The van der Waals surface area contributed by atoms with Gasteiger partial charge in [-0.25, -0.2) is 0 Å². The summed E-state index contributed by atoms with van der Waals surface area (Å²) >= 11 is 0. The van der Waals surface area contributed by atoms with Gasteiger partial charge in [0, 0.05) is 19.3 Å². The molecule has 0 unspecified atom stereocenters. The zero-order valence-electron chi connectivity index (χ0n) is 41.7. The van der Waals surface area contributed by atoms with Gasteiger partial charge in [0.2, 0.25) is 0 Å². The van der Waals surface area contributed by atoms with Gasteiger partial charge in [-0.1, -0.05) is 231 Å². The molecule has 0 aliphatic rings. The van der Waals surface area contributed by atoms with Crippen molar-refractivity contribution in [1.29, 1.82) is 0 Å². The van der Waals surface area contributed by atoms with Crippen LogP contribution < -0.4 is 0 Å². The zero-order valence-corrected chi connectivity index (χ0v) is 41.7. The van der Waals surface area contributed by atoms with Gasteiger partial charge in [-0.15, -0.1) is 0 Å². The Bertz CT molecular complexity index is 1000. The van der Waals surface area contributed by atoms with Crippen molar-refractivity contribution in [3.8, 4) is 0 Å². The van der Waals surface area contributed by atoms with E-state index in [0.717, 1.165) is 64.2 Å². The first-order chi connectivity index (χ1) is 30.5. The third kappa shape index (κ3) is 48.9. The lowest BCUT2D eigenvalue weighted by molar-refractivity contribution is -0.167. The standard InChI is InChI=1S/C56H104O6/c1-4-7-10-13-16-19-22-24-26-28-30-31-34-37-40-43-46-49-55(58)61-52-53(51-60-54(57)48-45-42-39-36-33-21-18-15-12-9-6-3)62-56(59)50-47-44-41-38-35-32-29-27-25-23-20-17-14-11-8-5-2/h24,26-27,29,53H,4-23,25,28,30-52H2,1-3H3/b26-24-,29-27-/t53-/m1/s1. The predicted octanol–water partition coefficient (Wildman–Crippen LogP) is 17.9. The zero-order chi connectivity index (χ0) is 45.1. The molecule has 6 heteroatoms. The van der Waals surface area contributed by atoms with Gasteiger partial charge in [0.05, 0.1) is 0 Å². The Labute approximate surface area is 385 Å². The lowest BCUT2D eigenvalue weighted by Gasteiger charge is -2.18. The minimum absolute atomic E-state index is 0.0721. The second-order valence-corrected chi connectivity index (χ2v) is 18.5. The number of hydrogen-bond acceptors (Lipinski definition) is 6. The van der Waals surface area contributed by atoms with E-state index < -0.39 is 6.10 Å². The molecule has 0 aliphatic heterocycles. The van der Waals surface area contributed by atoms with Crippen molar-refractivity contribution in [2.75, 3.05) is 13.2 Å². The topological polar surface area (TPSA) is 78.9 Å². The van der Waals surface area contributed by atoms with Crippen LogP contribution in [0, 0.1) is 0 Å². The lowest BCUT2D eigenvalue weighted by atomic mass is 10.1. The molecule has 0 saturated carbocycles. The molecule has 6 nitrogen and oxygen atoms in total. The van der Waals surface area contributed by atoms with Crippen molar-refractivity contribution in [2.45, 2.75) is 303 Å². The third-order valence-electron chi connectivity index (χ3n) is 12.2. The van der Waals surface area contributed by atoms with Gasteiger partial charge in [-0.3, -0.25) is 14.4 Å². The molecule has 0 aromatic carbocycles. The second kappa shape index (κ2) is 51.5. The number of esters is 3. The number of carbonyl (C=O) groups is 3. The van der Waals surface area contributed by atoms with Gasteiger partial charge in [0.25, 0.3) is 0 Å². The summed E-state index contributed by atoms with van der Waals surface area (Å²) in [7, 11) is 0. The maximum atomic E-state index is 12.8. The van der Waals surface area contributed by atoms with E-state index in [-0.39, 0.29) is 31.1 Å². The highest BCUT2D eigenvalue weighted by Gasteiger charge is 2.19. The first kappa shape index (κ1) is 59.9. The van der Waals surface area contributed by atoms with Crippen LogP contribution >= 0.6 is 0 Å². The Hall–Kier alpha value is -2.11. The predicted molar refractivity (Wildman–Crippen MR) is 266 cm³/mol. The van der Waals surface area contributed by atoms with Crippen LogP contribution in [0.25, 0.3) is 0 Å². The van der Waals surface area contributed by atoms with Crippen LogP contribution in [0.3, 0.4) is 0 Å². The van der Waals surface area contributed by atoms with Gasteiger partial charge in [0.15, 0.2) is 6.10 Å². The molecule has 0 bridgehead atoms. The molecule has 1 atom stereocenters. The van der Waals surface area contributed by atoms with Crippen molar-refractivity contribution in [3.63, 3.8) is 0 Å². The van der Waals surface area contributed by atoms with Crippen molar-refractivity contribution in [2.24, 2.45) is 0 Å². The average Bonchev–Trinajstić information content (AvgIpc) is 3.27. The first-order valence-corrected chi connectivity index (χ1v) is 27.3. The normalized spacial score (nSPS) is 12.1. The molecular weight excluding hydrogens is 769 g/mol. The number of hydrogen-bond donors (Lipinski definition) is 0. The van der Waals surface area contributed by atoms with E-state index in [0.29, 0.717) is 19.3 Å². The molecule has 0 radical (unpaired) electrons. The van der Waals surface area contributed by atoms with Gasteiger partial charge < -0.3 is 14.2 Å². The van der Waals surface area contributed by atoms with Crippen LogP contribution in [0.5, 0.6) is 0 Å². The monoisotopic (exact) mass is 873 g/mol. The maximum absolute atomic E-state index is 12.8. The summed E-state index contributed by atoms with van der Waals surface area (Å²) in [5.74, 6) is -0.871. The summed E-state index contributed by atoms with van der Waals surface area (Å²) < 4.78 is 16.8. The van der Waals surface area contributed by atoms with Crippen LogP contribution in [-0.2, 0) is 28.6 Å². The molecule has 0 fully saturated rings. The second-order valence-electron chi connectivity index (χ2n) is 18.5. The molecule has 0 saturated heterocycles. The summed E-state index contributed by atoms with van der Waals surface area (Å²) in [6, 6.07) is 0. The highest BCUT2D eigenvalue weighted by molar-refractivity contribution is 5.71. The minimum atomic E-state index is -0.772. The fourth-order valence-electron chi connectivity index (χ4n) is 8.02. The number of carbonyl (C=O) groups excluding carboxylic acids is 3. The van der Waals surface area contributed by atoms with Crippen molar-refractivity contribution < 1.29 is 28.6 Å². The molecule has 364 valence electrons. The van der Waals surface area contributed by atoms with E-state index in [9.17, 15) is 14.4 Å². The third-order valence-corrected chi connectivity index (χ3v) is 12.2. The molecule has 0 heterocycles. The van der Waals surface area contributed by atoms with Crippen molar-refractivity contribution in [1.82, 2.24) is 0 Å². The van der Waals surface area contributed by atoms with Crippen LogP contribution in [0.1, 0.15) is 297 Å².